The minimum Gasteiger partial charge on any atom is -0.460 e. The lowest BCUT2D eigenvalue weighted by Gasteiger charge is -2.39. The number of para-hydroxylation sites is 1. The Morgan fingerprint density at radius 1 is 0.643 bits per heavy atom. The lowest BCUT2D eigenvalue weighted by atomic mass is 9.79. The van der Waals surface area contributed by atoms with E-state index in [9.17, 15) is 19.5 Å². The summed E-state index contributed by atoms with van der Waals surface area (Å²) in [7, 11) is 0. The molecule has 0 aliphatic carbocycles. The van der Waals surface area contributed by atoms with Crippen molar-refractivity contribution >= 4 is 23.7 Å². The first kappa shape index (κ1) is 28.6. The van der Waals surface area contributed by atoms with Gasteiger partial charge in [0, 0.05) is 12.3 Å². The molecule has 4 aromatic rings. The Bertz CT molecular complexity index is 1440. The molecule has 0 bridgehead atoms. The summed E-state index contributed by atoms with van der Waals surface area (Å²) < 4.78 is 16.7. The van der Waals surface area contributed by atoms with Gasteiger partial charge in [-0.1, -0.05) is 109 Å². The molecule has 42 heavy (non-hydrogen) atoms. The van der Waals surface area contributed by atoms with Crippen LogP contribution >= 0.6 is 0 Å². The number of fused-ring (bicyclic) bond motifs is 1. The van der Waals surface area contributed by atoms with E-state index in [4.69, 9.17) is 14.2 Å². The van der Waals surface area contributed by atoms with E-state index in [1.807, 2.05) is 91.0 Å². The fraction of sp³-hybridized carbons (Fsp3) is 0.206. The maximum Gasteiger partial charge on any atom is 0.416 e. The molecule has 0 aromatic heterocycles. The summed E-state index contributed by atoms with van der Waals surface area (Å²) in [6.45, 7) is -0.0390. The Kier molecular flexibility index (Phi) is 9.26. The molecule has 0 saturated heterocycles. The molecule has 8 heteroatoms. The normalized spacial score (nSPS) is 15.9. The number of amides is 1. The maximum atomic E-state index is 13.5. The lowest BCUT2D eigenvalue weighted by molar-refractivity contribution is -0.165. The Hall–Kier alpha value is -4.95. The van der Waals surface area contributed by atoms with Gasteiger partial charge in [-0.2, -0.15) is 0 Å². The first-order valence-electron chi connectivity index (χ1n) is 13.7. The second kappa shape index (κ2) is 13.6. The number of anilines is 1. The second-order valence-electron chi connectivity index (χ2n) is 9.96. The zero-order valence-electron chi connectivity index (χ0n) is 22.9. The highest BCUT2D eigenvalue weighted by Crippen LogP contribution is 2.43. The Morgan fingerprint density at radius 2 is 1.07 bits per heavy atom. The van der Waals surface area contributed by atoms with Crippen molar-refractivity contribution in [1.82, 2.24) is 0 Å². The van der Waals surface area contributed by atoms with Crippen molar-refractivity contribution in [1.29, 1.82) is 0 Å². The molecule has 4 aromatic carbocycles. The molecule has 1 N–H and O–H groups in total. The van der Waals surface area contributed by atoms with Gasteiger partial charge in [0.1, 0.15) is 26.0 Å². The molecule has 0 spiro atoms. The molecule has 1 amide bonds. The smallest absolute Gasteiger partial charge is 0.416 e. The van der Waals surface area contributed by atoms with Gasteiger partial charge in [0.05, 0.1) is 5.69 Å². The van der Waals surface area contributed by atoms with Crippen molar-refractivity contribution in [2.45, 2.75) is 38.4 Å². The first-order valence-corrected chi connectivity index (χ1v) is 13.7. The first-order chi connectivity index (χ1) is 20.5. The van der Waals surface area contributed by atoms with Crippen LogP contribution in [-0.4, -0.2) is 29.4 Å². The number of carbonyl (C=O) groups is 3. The fourth-order valence-corrected chi connectivity index (χ4v) is 5.03. The van der Waals surface area contributed by atoms with Crippen molar-refractivity contribution in [2.24, 2.45) is 5.92 Å². The molecule has 214 valence electrons. The zero-order valence-corrected chi connectivity index (χ0v) is 22.9. The van der Waals surface area contributed by atoms with Crippen LogP contribution in [0.5, 0.6) is 0 Å². The molecule has 0 fully saturated rings. The maximum absolute atomic E-state index is 13.5. The van der Waals surface area contributed by atoms with E-state index >= 15 is 0 Å². The highest BCUT2D eigenvalue weighted by atomic mass is 16.6. The van der Waals surface area contributed by atoms with E-state index in [-0.39, 0.29) is 26.2 Å². The summed E-state index contributed by atoms with van der Waals surface area (Å²) in [5.74, 6) is -3.75. The number of nitrogens with zero attached hydrogens (tertiary/aromatic N) is 1. The SMILES string of the molecule is O=C(OCc1ccccc1)C(C(=O)OCc1ccccc1)[C@H]1CC(O)N(C(=O)OCc2ccccc2)c2ccccc21. The van der Waals surface area contributed by atoms with Gasteiger partial charge in [0.2, 0.25) is 0 Å². The Balaban J connectivity index is 1.40. The number of aliphatic hydroxyl groups is 1. The summed E-state index contributed by atoms with van der Waals surface area (Å²) in [6.07, 6.45) is -2.21. The van der Waals surface area contributed by atoms with Crippen molar-refractivity contribution in [3.05, 3.63) is 138 Å². The van der Waals surface area contributed by atoms with Gasteiger partial charge < -0.3 is 19.3 Å². The largest absolute Gasteiger partial charge is 0.460 e. The van der Waals surface area contributed by atoms with E-state index in [0.717, 1.165) is 21.6 Å². The standard InChI is InChI=1S/C34H31NO7/c36-30-20-28(27-18-10-11-19-29(27)35(30)34(39)42-23-26-16-8-3-9-17-26)31(32(37)40-21-24-12-4-1-5-13-24)33(38)41-22-25-14-6-2-7-15-25/h1-19,28,30-31,36H,20-23H2/t28-,30?/m0/s1. The van der Waals surface area contributed by atoms with E-state index < -0.39 is 36.1 Å². The van der Waals surface area contributed by atoms with Gasteiger partial charge >= 0.3 is 18.0 Å². The van der Waals surface area contributed by atoms with Crippen molar-refractivity contribution in [3.8, 4) is 0 Å². The predicted octanol–water partition coefficient (Wildman–Crippen LogP) is 5.74. The number of ether oxygens (including phenoxy) is 3. The number of carbonyl (C=O) groups excluding carboxylic acids is 3. The van der Waals surface area contributed by atoms with Crippen LogP contribution in [0.2, 0.25) is 0 Å². The molecule has 1 heterocycles. The van der Waals surface area contributed by atoms with Crippen molar-refractivity contribution < 1.29 is 33.7 Å². The van der Waals surface area contributed by atoms with Crippen molar-refractivity contribution in [3.63, 3.8) is 0 Å². The van der Waals surface area contributed by atoms with Gasteiger partial charge in [0.25, 0.3) is 0 Å². The molecular weight excluding hydrogens is 534 g/mol. The molecule has 1 aliphatic rings. The van der Waals surface area contributed by atoms with Crippen LogP contribution in [0.4, 0.5) is 10.5 Å². The number of hydrogen-bond acceptors (Lipinski definition) is 7. The van der Waals surface area contributed by atoms with Crippen LogP contribution in [0.3, 0.4) is 0 Å². The zero-order chi connectivity index (χ0) is 29.3. The number of rotatable bonds is 9. The lowest BCUT2D eigenvalue weighted by Crippen LogP contribution is -2.47. The Labute approximate surface area is 244 Å². The van der Waals surface area contributed by atoms with Crippen LogP contribution in [0.25, 0.3) is 0 Å². The van der Waals surface area contributed by atoms with Crippen LogP contribution in [0.15, 0.2) is 115 Å². The van der Waals surface area contributed by atoms with Crippen molar-refractivity contribution in [2.75, 3.05) is 4.90 Å². The summed E-state index contributed by atoms with van der Waals surface area (Å²) in [6, 6.07) is 34.3. The average molecular weight is 566 g/mol. The van der Waals surface area contributed by atoms with E-state index in [1.54, 1.807) is 24.3 Å². The average Bonchev–Trinajstić information content (AvgIpc) is 3.03. The highest BCUT2D eigenvalue weighted by Gasteiger charge is 2.46. The molecule has 0 saturated carbocycles. The van der Waals surface area contributed by atoms with Gasteiger partial charge in [-0.05, 0) is 28.3 Å². The summed E-state index contributed by atoms with van der Waals surface area (Å²) in [5, 5.41) is 11.2. The molecule has 1 unspecified atom stereocenters. The summed E-state index contributed by atoms with van der Waals surface area (Å²) >= 11 is 0. The number of esters is 2. The fourth-order valence-electron chi connectivity index (χ4n) is 5.03. The monoisotopic (exact) mass is 565 g/mol. The third kappa shape index (κ3) is 6.85. The Morgan fingerprint density at radius 3 is 1.57 bits per heavy atom. The number of benzene rings is 4. The third-order valence-corrected chi connectivity index (χ3v) is 7.12. The van der Waals surface area contributed by atoms with Gasteiger partial charge in [-0.15, -0.1) is 0 Å². The number of aliphatic hydroxyl groups excluding tert-OH is 1. The van der Waals surface area contributed by atoms with Crippen LogP contribution < -0.4 is 4.90 Å². The van der Waals surface area contributed by atoms with Crippen LogP contribution in [0, 0.1) is 5.92 Å². The predicted molar refractivity (Wildman–Crippen MR) is 155 cm³/mol. The van der Waals surface area contributed by atoms with Gasteiger partial charge in [-0.25, -0.2) is 4.79 Å². The van der Waals surface area contributed by atoms with Gasteiger partial charge in [-0.3, -0.25) is 14.5 Å². The third-order valence-electron chi connectivity index (χ3n) is 7.12. The molecule has 8 nitrogen and oxygen atoms in total. The minimum absolute atomic E-state index is 0.0226. The molecular formula is C34H31NO7. The molecule has 5 rings (SSSR count). The van der Waals surface area contributed by atoms with E-state index in [2.05, 4.69) is 0 Å². The molecule has 2 atom stereocenters. The highest BCUT2D eigenvalue weighted by molar-refractivity contribution is 5.97. The molecule has 0 radical (unpaired) electrons. The topological polar surface area (TPSA) is 102 Å². The number of hydrogen-bond donors (Lipinski definition) is 1. The summed E-state index contributed by atoms with van der Waals surface area (Å²) in [5.41, 5.74) is 3.19. The van der Waals surface area contributed by atoms with Crippen LogP contribution in [0.1, 0.15) is 34.6 Å². The van der Waals surface area contributed by atoms with E-state index in [0.29, 0.717) is 11.3 Å². The van der Waals surface area contributed by atoms with Gasteiger partial charge in [0.15, 0.2) is 5.92 Å². The van der Waals surface area contributed by atoms with E-state index in [1.165, 1.54) is 0 Å². The summed E-state index contributed by atoms with van der Waals surface area (Å²) in [4.78, 5) is 41.4. The van der Waals surface area contributed by atoms with Crippen LogP contribution in [-0.2, 0) is 43.6 Å². The molecule has 1 aliphatic heterocycles. The second-order valence-corrected chi connectivity index (χ2v) is 9.96. The quantitative estimate of drug-likeness (QED) is 0.157. The minimum atomic E-state index is -1.38.